The van der Waals surface area contributed by atoms with E-state index in [9.17, 15) is 34.8 Å². The summed E-state index contributed by atoms with van der Waals surface area (Å²) in [5, 5.41) is 53.6. The van der Waals surface area contributed by atoms with E-state index in [0.717, 1.165) is 27.8 Å². The number of piperidine rings is 1. The minimum Gasteiger partial charge on any atom is -0.496 e. The maximum atomic E-state index is 15.6. The fourth-order valence-electron chi connectivity index (χ4n) is 15.8. The number of aliphatic hydroxyl groups excluding tert-OH is 2. The van der Waals surface area contributed by atoms with Crippen LogP contribution in [0.1, 0.15) is 121 Å². The van der Waals surface area contributed by atoms with Crippen LogP contribution in [0.2, 0.25) is 0 Å². The van der Waals surface area contributed by atoms with Crippen molar-refractivity contribution >= 4 is 41.0 Å². The summed E-state index contributed by atoms with van der Waals surface area (Å²) in [6.45, 7) is 9.95. The van der Waals surface area contributed by atoms with E-state index in [-0.39, 0.29) is 64.0 Å². The zero-order chi connectivity index (χ0) is 58.9. The molecule has 1 spiro atoms. The van der Waals surface area contributed by atoms with Crippen LogP contribution in [0.25, 0.3) is 5.57 Å². The Kier molecular flexibility index (Phi) is 18.4. The van der Waals surface area contributed by atoms with Gasteiger partial charge in [0, 0.05) is 93.9 Å². The zero-order valence-corrected chi connectivity index (χ0v) is 49.1. The topological polar surface area (TPSA) is 255 Å². The number of methoxy groups -OCH3 is 3. The summed E-state index contributed by atoms with van der Waals surface area (Å²) in [6, 6.07) is 10.0. The number of likely N-dealkylation sites (N-methyl/N-ethyl adjacent to an activating group) is 1. The summed E-state index contributed by atoms with van der Waals surface area (Å²) < 4.78 is 33.9. The van der Waals surface area contributed by atoms with Crippen LogP contribution in [-0.4, -0.2) is 195 Å². The highest BCUT2D eigenvalue weighted by Crippen LogP contribution is 2.68. The fraction of sp³-hybridized carbons (Fsp3) is 0.661. The Hall–Kier alpha value is -5.45. The van der Waals surface area contributed by atoms with E-state index < -0.39 is 87.8 Å². The SMILES string of the molecule is CCC(CO)OC(COC(=O)CCCC(=O)N[C@H](C)C(=O)OCCCNC(=O)[C@]1(O)C2N(C)c3cc(OC)c([C@@]4(C(=O)OC)CC5CN(CCC6=C4Cc4ccccc46)CC(O)(CC)C5)cc3[C@@]23CCN2CC=C[C@](CC)(C23)[C@H]1O)OC. The molecular weight excluding hydrogens is 1050 g/mol. The molecule has 5 heterocycles. The Bertz CT molecular complexity index is 2790. The molecule has 2 aliphatic carbocycles. The third kappa shape index (κ3) is 10.5. The number of hydrogen-bond acceptors (Lipinski definition) is 18. The number of esters is 3. The Morgan fingerprint density at radius 1 is 0.927 bits per heavy atom. The molecule has 1 saturated carbocycles. The number of nitrogens with one attached hydrogen (secondary N) is 2. The molecule has 2 amide bonds. The van der Waals surface area contributed by atoms with Gasteiger partial charge in [-0.2, -0.15) is 0 Å². The van der Waals surface area contributed by atoms with Gasteiger partial charge in [-0.25, -0.2) is 4.79 Å². The monoisotopic (exact) mass is 1140 g/mol. The Labute approximate surface area is 481 Å². The van der Waals surface area contributed by atoms with Crippen molar-refractivity contribution in [2.45, 2.75) is 163 Å². The first-order chi connectivity index (χ1) is 39.3. The summed E-state index contributed by atoms with van der Waals surface area (Å²) in [6.07, 6.45) is 5.37. The van der Waals surface area contributed by atoms with Crippen LogP contribution in [0.5, 0.6) is 5.75 Å². The summed E-state index contributed by atoms with van der Waals surface area (Å²) in [7, 11) is 6.28. The van der Waals surface area contributed by atoms with Crippen LogP contribution in [-0.2, 0) is 64.9 Å². The second-order valence-electron chi connectivity index (χ2n) is 24.0. The molecule has 0 radical (unpaired) electrons. The van der Waals surface area contributed by atoms with Gasteiger partial charge in [-0.3, -0.25) is 29.0 Å². The van der Waals surface area contributed by atoms with Crippen molar-refractivity contribution in [1.29, 1.82) is 0 Å². The van der Waals surface area contributed by atoms with Crippen molar-refractivity contribution in [3.8, 4) is 5.75 Å². The standard InChI is InChI=1S/C62H87N5O15/c1-9-41(35-68)82-51(78-7)36-81-50(70)20-14-19-49(69)64-38(4)52(71)80-28-16-24-63-56(73)62(76)54-60(23-27-67-25-15-22-59(11-3,53(60)67)55(62)72)45-30-46(48(77-6)31-47(45)65(54)5)61(57(74)79-8)33-39-32-58(75,10-2)37-66(34-39)26-21-43-42-18-13-12-17-40(42)29-44(43)61/h12-13,15,17-18,22,30-31,38-39,41,51,53-55,68,72,75-76H,9-11,14,16,19-21,23-29,32-37H2,1-8H3,(H,63,73)(H,64,69)/t38-,39?,41?,51?,53?,54?,55-,58?,59-,60-,61-,62+/m1/s1. The summed E-state index contributed by atoms with van der Waals surface area (Å²) in [4.78, 5) is 75.5. The molecule has 20 heteroatoms. The number of hydrogen-bond donors (Lipinski definition) is 6. The minimum atomic E-state index is -2.41. The average Bonchev–Trinajstić information content (AvgIpc) is 3.18. The van der Waals surface area contributed by atoms with E-state index >= 15 is 9.59 Å². The van der Waals surface area contributed by atoms with E-state index in [1.54, 1.807) is 7.11 Å². The summed E-state index contributed by atoms with van der Waals surface area (Å²) >= 11 is 0. The molecule has 20 nitrogen and oxygen atoms in total. The van der Waals surface area contributed by atoms with Crippen LogP contribution in [0.3, 0.4) is 0 Å². The van der Waals surface area contributed by atoms with Crippen molar-refractivity contribution in [2.24, 2.45) is 11.3 Å². The van der Waals surface area contributed by atoms with Crippen molar-refractivity contribution in [1.82, 2.24) is 20.4 Å². The van der Waals surface area contributed by atoms with E-state index in [1.165, 1.54) is 21.1 Å². The summed E-state index contributed by atoms with van der Waals surface area (Å²) in [5.41, 5.74) is -0.330. The molecule has 2 bridgehead atoms. The second-order valence-corrected chi connectivity index (χ2v) is 24.0. The Morgan fingerprint density at radius 3 is 2.41 bits per heavy atom. The number of nitrogens with zero attached hydrogens (tertiary/aromatic N) is 3. The third-order valence-corrected chi connectivity index (χ3v) is 19.6. The average molecular weight is 1140 g/mol. The molecule has 82 heavy (non-hydrogen) atoms. The molecule has 2 aromatic rings. The summed E-state index contributed by atoms with van der Waals surface area (Å²) in [5.74, 6) is -2.59. The van der Waals surface area contributed by atoms with Crippen LogP contribution >= 0.6 is 0 Å². The largest absolute Gasteiger partial charge is 0.496 e. The van der Waals surface area contributed by atoms with Gasteiger partial charge in [-0.05, 0) is 117 Å². The number of rotatable bonds is 23. The van der Waals surface area contributed by atoms with Gasteiger partial charge in [0.15, 0.2) is 11.9 Å². The lowest BCUT2D eigenvalue weighted by molar-refractivity contribution is -0.203. The van der Waals surface area contributed by atoms with E-state index in [2.05, 4.69) is 38.6 Å². The maximum Gasteiger partial charge on any atom is 0.328 e. The van der Waals surface area contributed by atoms with Crippen LogP contribution in [0.4, 0.5) is 5.69 Å². The quantitative estimate of drug-likeness (QED) is 0.0306. The molecule has 5 aliphatic heterocycles. The van der Waals surface area contributed by atoms with Gasteiger partial charge in [0.25, 0.3) is 5.91 Å². The molecule has 7 aliphatic rings. The van der Waals surface area contributed by atoms with Gasteiger partial charge >= 0.3 is 17.9 Å². The molecular formula is C62H87N5O15. The molecule has 3 fully saturated rings. The number of ether oxygens (including phenoxy) is 6. The lowest BCUT2D eigenvalue weighted by Gasteiger charge is -2.63. The van der Waals surface area contributed by atoms with Gasteiger partial charge in [0.05, 0.1) is 45.2 Å². The number of fused-ring (bicyclic) bond motifs is 5. The Morgan fingerprint density at radius 2 is 1.71 bits per heavy atom. The number of carbonyl (C=O) groups excluding carboxylic acids is 5. The molecule has 450 valence electrons. The lowest BCUT2D eigenvalue weighted by atomic mass is 9.47. The van der Waals surface area contributed by atoms with Gasteiger partial charge < -0.3 is 64.4 Å². The fourth-order valence-corrected chi connectivity index (χ4v) is 15.8. The van der Waals surface area contributed by atoms with Gasteiger partial charge in [0.1, 0.15) is 29.9 Å². The number of amides is 2. The maximum absolute atomic E-state index is 15.6. The van der Waals surface area contributed by atoms with E-state index in [1.807, 2.05) is 63.1 Å². The Balaban J connectivity index is 0.957. The van der Waals surface area contributed by atoms with E-state index in [4.69, 9.17) is 28.4 Å². The van der Waals surface area contributed by atoms with Crippen LogP contribution < -0.4 is 20.3 Å². The highest BCUT2D eigenvalue weighted by atomic mass is 16.7. The van der Waals surface area contributed by atoms with Crippen molar-refractivity contribution in [3.63, 3.8) is 0 Å². The minimum absolute atomic E-state index is 0.0258. The lowest BCUT2D eigenvalue weighted by Crippen LogP contribution is -2.81. The first-order valence-electron chi connectivity index (χ1n) is 29.6. The van der Waals surface area contributed by atoms with Gasteiger partial charge in [-0.15, -0.1) is 0 Å². The molecule has 2 aromatic carbocycles. The predicted octanol–water partition coefficient (Wildman–Crippen LogP) is 3.60. The number of anilines is 1. The first-order valence-corrected chi connectivity index (χ1v) is 29.6. The molecule has 7 unspecified atom stereocenters. The van der Waals surface area contributed by atoms with Crippen LogP contribution in [0.15, 0.2) is 54.1 Å². The molecule has 6 N–H and O–H groups in total. The first kappa shape index (κ1) is 61.1. The molecule has 2 saturated heterocycles. The zero-order valence-electron chi connectivity index (χ0n) is 49.1. The predicted molar refractivity (Wildman–Crippen MR) is 303 cm³/mol. The molecule has 13 atom stereocenters. The second kappa shape index (κ2) is 24.6. The number of benzene rings is 2. The van der Waals surface area contributed by atoms with Crippen molar-refractivity contribution in [2.75, 3.05) is 92.4 Å². The van der Waals surface area contributed by atoms with Crippen molar-refractivity contribution < 1.29 is 72.8 Å². The van der Waals surface area contributed by atoms with Crippen molar-refractivity contribution in [3.05, 3.63) is 76.4 Å². The number of aliphatic hydroxyl groups is 4. The van der Waals surface area contributed by atoms with E-state index in [0.29, 0.717) is 101 Å². The third-order valence-electron chi connectivity index (χ3n) is 19.6. The van der Waals surface area contributed by atoms with Gasteiger partial charge in [-0.1, -0.05) is 57.2 Å². The van der Waals surface area contributed by atoms with Crippen LogP contribution in [0, 0.1) is 11.3 Å². The molecule has 0 aromatic heterocycles. The highest BCUT2D eigenvalue weighted by molar-refractivity contribution is 5.96. The molecule has 9 rings (SSSR count). The normalized spacial score (nSPS) is 31.6. The smallest absolute Gasteiger partial charge is 0.328 e. The number of carbonyl (C=O) groups is 5. The van der Waals surface area contributed by atoms with Gasteiger partial charge in [0.2, 0.25) is 5.91 Å². The highest BCUT2D eigenvalue weighted by Gasteiger charge is 2.78.